The third kappa shape index (κ3) is 4.26. The molecule has 0 radical (unpaired) electrons. The third-order valence-corrected chi connectivity index (χ3v) is 7.06. The van der Waals surface area contributed by atoms with Gasteiger partial charge < -0.3 is 9.30 Å². The van der Waals surface area contributed by atoms with Gasteiger partial charge in [0.05, 0.1) is 18.4 Å². The predicted octanol–water partition coefficient (Wildman–Crippen LogP) is 6.86. The molecule has 1 unspecified atom stereocenters. The minimum Gasteiger partial charge on any atom is -0.480 e. The minimum absolute atomic E-state index is 0.0233. The van der Waals surface area contributed by atoms with E-state index >= 15 is 0 Å². The van der Waals surface area contributed by atoms with Gasteiger partial charge in [-0.25, -0.2) is 9.97 Å². The average Bonchev–Trinajstić information content (AvgIpc) is 3.40. The van der Waals surface area contributed by atoms with Crippen LogP contribution in [0.1, 0.15) is 66.0 Å². The van der Waals surface area contributed by atoms with Gasteiger partial charge in [0, 0.05) is 34.4 Å². The molecule has 1 amide bonds. The maximum Gasteiger partial charge on any atom is 0.279 e. The number of fused-ring (bicyclic) bond motifs is 1. The number of aryl methyl sites for hydroxylation is 2. The second kappa shape index (κ2) is 9.80. The summed E-state index contributed by atoms with van der Waals surface area (Å²) in [6.45, 7) is 8.08. The number of carbonyl (C=O) groups excluding carboxylic acids is 1. The second-order valence-corrected chi connectivity index (χ2v) is 10.1. The van der Waals surface area contributed by atoms with Crippen molar-refractivity contribution >= 4 is 34.8 Å². The largest absolute Gasteiger partial charge is 0.480 e. The number of nitrogens with zero attached hydrogens (tertiary/aromatic N) is 5. The molecule has 1 atom stereocenters. The monoisotopic (exact) mass is 535 g/mol. The summed E-state index contributed by atoms with van der Waals surface area (Å²) >= 11 is 12.6. The highest BCUT2D eigenvalue weighted by atomic mass is 35.5. The molecule has 3 heterocycles. The highest BCUT2D eigenvalue weighted by Gasteiger charge is 2.45. The molecule has 2 aromatic heterocycles. The zero-order chi connectivity index (χ0) is 26.4. The van der Waals surface area contributed by atoms with Crippen LogP contribution in [-0.4, -0.2) is 32.5 Å². The maximum atomic E-state index is 14.1. The van der Waals surface area contributed by atoms with Crippen molar-refractivity contribution in [1.82, 2.24) is 19.5 Å². The Labute approximate surface area is 226 Å². The minimum atomic E-state index is -0.442. The Morgan fingerprint density at radius 2 is 1.76 bits per heavy atom. The number of ether oxygens (including phenoxy) is 1. The number of carbonyl (C=O) groups is 1. The van der Waals surface area contributed by atoms with E-state index in [1.165, 1.54) is 0 Å². The lowest BCUT2D eigenvalue weighted by Crippen LogP contribution is -2.31. The van der Waals surface area contributed by atoms with Crippen molar-refractivity contribution in [1.29, 1.82) is 0 Å². The zero-order valence-electron chi connectivity index (χ0n) is 21.3. The Kier molecular flexibility index (Phi) is 6.68. The number of amides is 1. The zero-order valence-corrected chi connectivity index (χ0v) is 22.8. The van der Waals surface area contributed by atoms with Gasteiger partial charge in [-0.15, -0.1) is 0 Å². The molecule has 7 nitrogen and oxygen atoms in total. The van der Waals surface area contributed by atoms with Gasteiger partial charge in [0.2, 0.25) is 5.88 Å². The van der Waals surface area contributed by atoms with Crippen LogP contribution in [0.15, 0.2) is 48.7 Å². The molecule has 0 spiro atoms. The Morgan fingerprint density at radius 1 is 1.05 bits per heavy atom. The van der Waals surface area contributed by atoms with Crippen LogP contribution in [0.5, 0.6) is 5.88 Å². The van der Waals surface area contributed by atoms with Crippen molar-refractivity contribution in [2.24, 2.45) is 0 Å². The standard InChI is InChI=1S/C28H27Cl2N5O2/c1-6-22-31-14-20(27(32-22)37-5)26-33-23-25(34(26)15(2)3)24(17-8-11-18(29)12-9-17)35(28(23)36)21-13-19(30)10-7-16(21)4/h7-15,24H,6H2,1-5H3. The van der Waals surface area contributed by atoms with E-state index in [0.717, 1.165) is 22.5 Å². The van der Waals surface area contributed by atoms with E-state index in [9.17, 15) is 4.79 Å². The lowest BCUT2D eigenvalue weighted by molar-refractivity contribution is 0.0989. The fourth-order valence-corrected chi connectivity index (χ4v) is 5.15. The van der Waals surface area contributed by atoms with Crippen molar-refractivity contribution in [2.75, 3.05) is 12.0 Å². The number of benzene rings is 2. The van der Waals surface area contributed by atoms with Crippen molar-refractivity contribution in [2.45, 2.75) is 46.2 Å². The molecule has 0 N–H and O–H groups in total. The number of aromatic nitrogens is 4. The number of hydrogen-bond donors (Lipinski definition) is 0. The third-order valence-electron chi connectivity index (χ3n) is 6.57. The molecule has 1 aliphatic rings. The molecule has 37 heavy (non-hydrogen) atoms. The van der Waals surface area contributed by atoms with Gasteiger partial charge in [-0.2, -0.15) is 4.98 Å². The summed E-state index contributed by atoms with van der Waals surface area (Å²) in [5.41, 5.74) is 4.39. The van der Waals surface area contributed by atoms with Gasteiger partial charge in [-0.1, -0.05) is 48.3 Å². The fraction of sp³-hybridized carbons (Fsp3) is 0.286. The summed E-state index contributed by atoms with van der Waals surface area (Å²) in [6, 6.07) is 12.7. The summed E-state index contributed by atoms with van der Waals surface area (Å²) in [4.78, 5) is 29.8. The molecule has 5 rings (SSSR count). The van der Waals surface area contributed by atoms with Gasteiger partial charge in [0.1, 0.15) is 17.7 Å². The van der Waals surface area contributed by atoms with E-state index in [4.69, 9.17) is 32.9 Å². The van der Waals surface area contributed by atoms with Gasteiger partial charge in [-0.3, -0.25) is 9.69 Å². The molecule has 0 saturated carbocycles. The van der Waals surface area contributed by atoms with Crippen molar-refractivity contribution in [3.63, 3.8) is 0 Å². The van der Waals surface area contributed by atoms with Crippen LogP contribution in [0.4, 0.5) is 5.69 Å². The summed E-state index contributed by atoms with van der Waals surface area (Å²) in [5.74, 6) is 1.49. The average molecular weight is 536 g/mol. The molecule has 0 aliphatic carbocycles. The summed E-state index contributed by atoms with van der Waals surface area (Å²) in [5, 5.41) is 1.17. The molecule has 0 bridgehead atoms. The number of anilines is 1. The van der Waals surface area contributed by atoms with Gasteiger partial charge >= 0.3 is 0 Å². The smallest absolute Gasteiger partial charge is 0.279 e. The van der Waals surface area contributed by atoms with Crippen LogP contribution in [0, 0.1) is 6.92 Å². The van der Waals surface area contributed by atoms with E-state index in [2.05, 4.69) is 28.4 Å². The molecular formula is C28H27Cl2N5O2. The summed E-state index contributed by atoms with van der Waals surface area (Å²) < 4.78 is 7.70. The van der Waals surface area contributed by atoms with E-state index in [1.54, 1.807) is 18.2 Å². The Hall–Kier alpha value is -3.42. The van der Waals surface area contributed by atoms with Gasteiger partial charge in [0.25, 0.3) is 5.91 Å². The molecule has 2 aromatic carbocycles. The Balaban J connectivity index is 1.79. The number of hydrogen-bond acceptors (Lipinski definition) is 5. The maximum absolute atomic E-state index is 14.1. The summed E-state index contributed by atoms with van der Waals surface area (Å²) in [6.07, 6.45) is 2.40. The Bertz CT molecular complexity index is 1500. The molecule has 0 fully saturated rings. The molecule has 9 heteroatoms. The van der Waals surface area contributed by atoms with E-state index in [1.807, 2.05) is 56.3 Å². The molecule has 1 aliphatic heterocycles. The van der Waals surface area contributed by atoms with Crippen LogP contribution < -0.4 is 9.64 Å². The number of halogens is 2. The molecular weight excluding hydrogens is 509 g/mol. The Morgan fingerprint density at radius 3 is 2.41 bits per heavy atom. The molecule has 0 saturated heterocycles. The normalized spacial score (nSPS) is 15.0. The number of methoxy groups -OCH3 is 1. The fourth-order valence-electron chi connectivity index (χ4n) is 4.85. The number of imidazole rings is 1. The topological polar surface area (TPSA) is 73.1 Å². The number of rotatable bonds is 6. The highest BCUT2D eigenvalue weighted by Crippen LogP contribution is 2.46. The van der Waals surface area contributed by atoms with Crippen molar-refractivity contribution in [3.8, 4) is 17.3 Å². The van der Waals surface area contributed by atoms with Crippen molar-refractivity contribution < 1.29 is 9.53 Å². The second-order valence-electron chi connectivity index (χ2n) is 9.26. The SMILES string of the molecule is CCc1ncc(-c2nc3c(n2C(C)C)C(c2ccc(Cl)cc2)N(c2cc(Cl)ccc2C)C3=O)c(OC)n1. The van der Waals surface area contributed by atoms with Crippen LogP contribution >= 0.6 is 23.2 Å². The van der Waals surface area contributed by atoms with Crippen LogP contribution in [0.2, 0.25) is 10.0 Å². The van der Waals surface area contributed by atoms with Gasteiger partial charge in [-0.05, 0) is 56.2 Å². The van der Waals surface area contributed by atoms with Crippen molar-refractivity contribution in [3.05, 3.63) is 87.0 Å². The first kappa shape index (κ1) is 25.2. The first-order valence-electron chi connectivity index (χ1n) is 12.1. The summed E-state index contributed by atoms with van der Waals surface area (Å²) in [7, 11) is 1.58. The van der Waals surface area contributed by atoms with Crippen LogP contribution in [0.3, 0.4) is 0 Å². The van der Waals surface area contributed by atoms with Crippen LogP contribution in [-0.2, 0) is 6.42 Å². The lowest BCUT2D eigenvalue weighted by atomic mass is 10.0. The van der Waals surface area contributed by atoms with E-state index in [-0.39, 0.29) is 11.9 Å². The lowest BCUT2D eigenvalue weighted by Gasteiger charge is -2.29. The van der Waals surface area contributed by atoms with E-state index in [0.29, 0.717) is 45.3 Å². The quantitative estimate of drug-likeness (QED) is 0.269. The molecule has 4 aromatic rings. The van der Waals surface area contributed by atoms with Crippen LogP contribution in [0.25, 0.3) is 11.4 Å². The molecule has 190 valence electrons. The highest BCUT2D eigenvalue weighted by molar-refractivity contribution is 6.31. The first-order chi connectivity index (χ1) is 17.7. The predicted molar refractivity (Wildman–Crippen MR) is 146 cm³/mol. The van der Waals surface area contributed by atoms with E-state index < -0.39 is 6.04 Å². The van der Waals surface area contributed by atoms with Gasteiger partial charge in [0.15, 0.2) is 5.69 Å². The first-order valence-corrected chi connectivity index (χ1v) is 12.9.